The van der Waals surface area contributed by atoms with E-state index in [9.17, 15) is 4.79 Å². The maximum absolute atomic E-state index is 11.9. The average molecular weight is 352 g/mol. The van der Waals surface area contributed by atoms with Crippen LogP contribution >= 0.6 is 27.3 Å². The predicted octanol–water partition coefficient (Wildman–Crippen LogP) is 3.89. The second-order valence-corrected chi connectivity index (χ2v) is 5.89. The number of fused-ring (bicyclic) bond motifs is 1. The summed E-state index contributed by atoms with van der Waals surface area (Å²) in [5.41, 5.74) is 0.613. The van der Waals surface area contributed by atoms with Crippen molar-refractivity contribution in [1.82, 2.24) is 0 Å². The van der Waals surface area contributed by atoms with Gasteiger partial charge in [0, 0.05) is 20.8 Å². The topological polar surface area (TPSA) is 47.6 Å². The highest BCUT2D eigenvalue weighted by Crippen LogP contribution is 2.38. The van der Waals surface area contributed by atoms with E-state index in [0.717, 1.165) is 9.35 Å². The van der Waals surface area contributed by atoms with Crippen LogP contribution in [0.25, 0.3) is 6.08 Å². The van der Waals surface area contributed by atoms with Crippen molar-refractivity contribution < 1.29 is 14.3 Å². The number of nitrogens with one attached hydrogen (secondary N) is 1. The molecule has 20 heavy (non-hydrogen) atoms. The molecule has 0 aliphatic carbocycles. The van der Waals surface area contributed by atoms with Crippen LogP contribution in [-0.4, -0.2) is 12.7 Å². The fourth-order valence-electron chi connectivity index (χ4n) is 1.78. The smallest absolute Gasteiger partial charge is 0.248 e. The lowest BCUT2D eigenvalue weighted by Gasteiger charge is -2.05. The molecule has 1 amide bonds. The molecule has 6 heteroatoms. The van der Waals surface area contributed by atoms with Gasteiger partial charge in [0.25, 0.3) is 0 Å². The Labute approximate surface area is 128 Å². The maximum Gasteiger partial charge on any atom is 0.248 e. The summed E-state index contributed by atoms with van der Waals surface area (Å²) in [7, 11) is 0. The first-order valence-electron chi connectivity index (χ1n) is 5.84. The Bertz CT molecular complexity index is 681. The lowest BCUT2D eigenvalue weighted by molar-refractivity contribution is -0.111. The van der Waals surface area contributed by atoms with Crippen molar-refractivity contribution in [3.8, 4) is 11.5 Å². The number of ether oxygens (including phenoxy) is 2. The monoisotopic (exact) mass is 351 g/mol. The highest BCUT2D eigenvalue weighted by atomic mass is 79.9. The third kappa shape index (κ3) is 2.86. The zero-order valence-electron chi connectivity index (χ0n) is 10.3. The second-order valence-electron chi connectivity index (χ2n) is 4.03. The number of carbonyl (C=O) groups is 1. The van der Waals surface area contributed by atoms with Crippen molar-refractivity contribution in [3.63, 3.8) is 0 Å². The van der Waals surface area contributed by atoms with Crippen LogP contribution < -0.4 is 14.8 Å². The average Bonchev–Trinajstić information content (AvgIpc) is 3.05. The number of carbonyl (C=O) groups excluding carboxylic acids is 1. The number of benzene rings is 1. The van der Waals surface area contributed by atoms with E-state index in [4.69, 9.17) is 9.47 Å². The fraction of sp³-hybridized carbons (Fsp3) is 0.0714. The number of hydrogen-bond donors (Lipinski definition) is 1. The molecule has 2 heterocycles. The van der Waals surface area contributed by atoms with Gasteiger partial charge < -0.3 is 14.8 Å². The van der Waals surface area contributed by atoms with Gasteiger partial charge in [0.15, 0.2) is 11.5 Å². The van der Waals surface area contributed by atoms with E-state index in [1.807, 2.05) is 17.5 Å². The summed E-state index contributed by atoms with van der Waals surface area (Å²) in [5.74, 6) is 1.01. The number of hydrogen-bond acceptors (Lipinski definition) is 4. The number of rotatable bonds is 3. The molecule has 0 spiro atoms. The highest BCUT2D eigenvalue weighted by Gasteiger charge is 2.17. The molecule has 0 saturated carbocycles. The van der Waals surface area contributed by atoms with Gasteiger partial charge in [-0.1, -0.05) is 6.07 Å². The summed E-state index contributed by atoms with van der Waals surface area (Å²) >= 11 is 4.93. The maximum atomic E-state index is 11.9. The minimum absolute atomic E-state index is 0.182. The molecule has 2 aromatic rings. The standard InChI is InChI=1S/C14H10BrNO3S/c15-9-6-10(20-7-9)4-5-13(17)16-11-2-1-3-12-14(11)19-8-18-12/h1-7H,8H2,(H,16,17)/b5-4+. The zero-order chi connectivity index (χ0) is 13.9. The molecule has 0 fully saturated rings. The lowest BCUT2D eigenvalue weighted by atomic mass is 10.2. The minimum Gasteiger partial charge on any atom is -0.454 e. The molecule has 0 saturated heterocycles. The Kier molecular flexibility index (Phi) is 3.75. The van der Waals surface area contributed by atoms with Crippen molar-refractivity contribution in [1.29, 1.82) is 0 Å². The Morgan fingerprint density at radius 2 is 2.30 bits per heavy atom. The molecular formula is C14H10BrNO3S. The van der Waals surface area contributed by atoms with Crippen molar-refractivity contribution >= 4 is 44.9 Å². The van der Waals surface area contributed by atoms with Gasteiger partial charge >= 0.3 is 0 Å². The molecule has 1 aliphatic heterocycles. The van der Waals surface area contributed by atoms with Gasteiger partial charge in [0.1, 0.15) is 0 Å². The van der Waals surface area contributed by atoms with E-state index in [1.54, 1.807) is 29.5 Å². The highest BCUT2D eigenvalue weighted by molar-refractivity contribution is 9.10. The van der Waals surface area contributed by atoms with Crippen molar-refractivity contribution in [2.24, 2.45) is 0 Å². The van der Waals surface area contributed by atoms with Crippen LogP contribution in [0, 0.1) is 0 Å². The molecule has 1 aromatic carbocycles. The molecule has 4 nitrogen and oxygen atoms in total. The molecule has 0 bridgehead atoms. The van der Waals surface area contributed by atoms with E-state index < -0.39 is 0 Å². The number of thiophene rings is 1. The van der Waals surface area contributed by atoms with Gasteiger partial charge in [0.2, 0.25) is 12.7 Å². The first-order chi connectivity index (χ1) is 9.72. The summed E-state index contributed by atoms with van der Waals surface area (Å²) in [5, 5.41) is 4.75. The van der Waals surface area contributed by atoms with Crippen LogP contribution in [0.4, 0.5) is 5.69 Å². The molecule has 1 aliphatic rings. The first-order valence-corrected chi connectivity index (χ1v) is 7.51. The molecule has 0 unspecified atom stereocenters. The second kappa shape index (κ2) is 5.68. The number of halogens is 1. The molecule has 1 aromatic heterocycles. The lowest BCUT2D eigenvalue weighted by Crippen LogP contribution is -2.08. The first kappa shape index (κ1) is 13.2. The Morgan fingerprint density at radius 1 is 1.40 bits per heavy atom. The van der Waals surface area contributed by atoms with E-state index in [-0.39, 0.29) is 12.7 Å². The Hall–Kier alpha value is -1.79. The largest absolute Gasteiger partial charge is 0.454 e. The van der Waals surface area contributed by atoms with Crippen molar-refractivity contribution in [2.45, 2.75) is 0 Å². The van der Waals surface area contributed by atoms with E-state index in [0.29, 0.717) is 17.2 Å². The van der Waals surface area contributed by atoms with Gasteiger partial charge in [-0.15, -0.1) is 11.3 Å². The summed E-state index contributed by atoms with van der Waals surface area (Å²) in [6, 6.07) is 7.34. The molecular weight excluding hydrogens is 342 g/mol. The molecule has 102 valence electrons. The zero-order valence-corrected chi connectivity index (χ0v) is 12.7. The Balaban J connectivity index is 1.71. The Morgan fingerprint density at radius 3 is 3.10 bits per heavy atom. The van der Waals surface area contributed by atoms with Crippen LogP contribution in [0.2, 0.25) is 0 Å². The molecule has 0 atom stereocenters. The fourth-order valence-corrected chi connectivity index (χ4v) is 3.11. The van der Waals surface area contributed by atoms with Crippen molar-refractivity contribution in [2.75, 3.05) is 12.1 Å². The van der Waals surface area contributed by atoms with Crippen molar-refractivity contribution in [3.05, 3.63) is 45.1 Å². The number of para-hydroxylation sites is 1. The SMILES string of the molecule is O=C(/C=C/c1cc(Br)cs1)Nc1cccc2c1OCO2. The van der Waals surface area contributed by atoms with Gasteiger partial charge in [-0.2, -0.15) is 0 Å². The summed E-state index contributed by atoms with van der Waals surface area (Å²) in [6.45, 7) is 0.182. The van der Waals surface area contributed by atoms with E-state index in [1.165, 1.54) is 6.08 Å². The van der Waals surface area contributed by atoms with Gasteiger partial charge in [0.05, 0.1) is 5.69 Å². The van der Waals surface area contributed by atoms with Crippen LogP contribution in [0.3, 0.4) is 0 Å². The van der Waals surface area contributed by atoms with Crippen LogP contribution in [0.15, 0.2) is 40.2 Å². The molecule has 3 rings (SSSR count). The minimum atomic E-state index is -0.210. The number of anilines is 1. The summed E-state index contributed by atoms with van der Waals surface area (Å²) < 4.78 is 11.6. The molecule has 1 N–H and O–H groups in total. The third-order valence-electron chi connectivity index (χ3n) is 2.64. The summed E-state index contributed by atoms with van der Waals surface area (Å²) in [4.78, 5) is 12.9. The van der Waals surface area contributed by atoms with Gasteiger partial charge in [-0.05, 0) is 40.2 Å². The third-order valence-corrected chi connectivity index (χ3v) is 4.30. The van der Waals surface area contributed by atoms with E-state index in [2.05, 4.69) is 21.2 Å². The predicted molar refractivity (Wildman–Crippen MR) is 82.2 cm³/mol. The normalized spacial score (nSPS) is 12.8. The van der Waals surface area contributed by atoms with Crippen LogP contribution in [-0.2, 0) is 4.79 Å². The van der Waals surface area contributed by atoms with Crippen LogP contribution in [0.5, 0.6) is 11.5 Å². The quantitative estimate of drug-likeness (QED) is 0.853. The summed E-state index contributed by atoms with van der Waals surface area (Å²) in [6.07, 6.45) is 3.26. The van der Waals surface area contributed by atoms with Gasteiger partial charge in [-0.3, -0.25) is 4.79 Å². The number of amides is 1. The molecule has 0 radical (unpaired) electrons. The van der Waals surface area contributed by atoms with E-state index >= 15 is 0 Å². The van der Waals surface area contributed by atoms with Crippen LogP contribution in [0.1, 0.15) is 4.88 Å². The van der Waals surface area contributed by atoms with Gasteiger partial charge in [-0.25, -0.2) is 0 Å².